The Morgan fingerprint density at radius 3 is 2.63 bits per heavy atom. The molecule has 0 spiro atoms. The highest BCUT2D eigenvalue weighted by Gasteiger charge is 2.20. The number of hydrogen-bond acceptors (Lipinski definition) is 2. The largest absolute Gasteiger partial charge is 0.481 e. The molecular weight excluding hydrogens is 242 g/mol. The summed E-state index contributed by atoms with van der Waals surface area (Å²) in [7, 11) is 0. The highest BCUT2D eigenvalue weighted by molar-refractivity contribution is 5.76. The lowest BCUT2D eigenvalue weighted by molar-refractivity contribution is -0.137. The first-order valence-corrected chi connectivity index (χ1v) is 7.50. The lowest BCUT2D eigenvalue weighted by Gasteiger charge is -2.26. The Bertz CT molecular complexity index is 302. The normalized spacial score (nSPS) is 18.5. The molecule has 0 aromatic carbocycles. The van der Waals surface area contributed by atoms with E-state index >= 15 is 0 Å². The second-order valence-electron chi connectivity index (χ2n) is 5.92. The summed E-state index contributed by atoms with van der Waals surface area (Å²) in [6.07, 6.45) is 5.83. The predicted molar refractivity (Wildman–Crippen MR) is 74.9 cm³/mol. The summed E-state index contributed by atoms with van der Waals surface area (Å²) >= 11 is 0. The number of aliphatic carboxylic acids is 1. The van der Waals surface area contributed by atoms with Gasteiger partial charge in [0.1, 0.15) is 0 Å². The Kier molecular flexibility index (Phi) is 6.89. The van der Waals surface area contributed by atoms with Crippen LogP contribution in [0.25, 0.3) is 0 Å². The Balaban J connectivity index is 2.41. The van der Waals surface area contributed by atoms with Crippen molar-refractivity contribution in [3.8, 4) is 0 Å². The molecule has 1 aliphatic rings. The van der Waals surface area contributed by atoms with Crippen LogP contribution in [0.3, 0.4) is 0 Å². The van der Waals surface area contributed by atoms with E-state index in [4.69, 9.17) is 5.11 Å². The summed E-state index contributed by atoms with van der Waals surface area (Å²) in [6.45, 7) is 5.94. The average molecular weight is 269 g/mol. The summed E-state index contributed by atoms with van der Waals surface area (Å²) in [5.41, 5.74) is 0. The minimum Gasteiger partial charge on any atom is -0.481 e. The van der Waals surface area contributed by atoms with Crippen LogP contribution in [0.15, 0.2) is 0 Å². The number of hydrogen-bond donors (Lipinski definition) is 1. The number of carboxylic acids is 1. The molecule has 1 aliphatic heterocycles. The molecule has 110 valence electrons. The highest BCUT2D eigenvalue weighted by Crippen LogP contribution is 2.22. The van der Waals surface area contributed by atoms with Gasteiger partial charge in [0.15, 0.2) is 0 Å². The first kappa shape index (κ1) is 16.0. The van der Waals surface area contributed by atoms with Crippen LogP contribution < -0.4 is 0 Å². The van der Waals surface area contributed by atoms with E-state index in [-0.39, 0.29) is 12.3 Å². The van der Waals surface area contributed by atoms with Gasteiger partial charge in [-0.1, -0.05) is 20.3 Å². The molecule has 0 aromatic heterocycles. The number of carbonyl (C=O) groups excluding carboxylic acids is 1. The van der Waals surface area contributed by atoms with Crippen LogP contribution >= 0.6 is 0 Å². The maximum absolute atomic E-state index is 11.9. The van der Waals surface area contributed by atoms with E-state index in [1.807, 2.05) is 4.90 Å². The second kappa shape index (κ2) is 8.18. The molecule has 4 nitrogen and oxygen atoms in total. The fraction of sp³-hybridized carbons (Fsp3) is 0.867. The minimum absolute atomic E-state index is 0.233. The van der Waals surface area contributed by atoms with Crippen molar-refractivity contribution in [1.82, 2.24) is 4.90 Å². The average Bonchev–Trinajstić information content (AvgIpc) is 2.53. The van der Waals surface area contributed by atoms with Gasteiger partial charge in [-0.05, 0) is 37.5 Å². The Morgan fingerprint density at radius 2 is 2.00 bits per heavy atom. The van der Waals surface area contributed by atoms with Crippen molar-refractivity contribution in [2.45, 2.75) is 58.8 Å². The molecule has 0 aromatic rings. The molecule has 1 unspecified atom stereocenters. The van der Waals surface area contributed by atoms with E-state index < -0.39 is 5.97 Å². The molecular formula is C15H27NO3. The standard InChI is InChI=1S/C15H27NO3/c1-12(2)13(7-8-15(18)19)9-11-16-10-5-3-4-6-14(16)17/h12-13H,3-11H2,1-2H3,(H,18,19). The number of nitrogens with zero attached hydrogens (tertiary/aromatic N) is 1. The van der Waals surface area contributed by atoms with Gasteiger partial charge in [-0.25, -0.2) is 0 Å². The van der Waals surface area contributed by atoms with Gasteiger partial charge >= 0.3 is 5.97 Å². The van der Waals surface area contributed by atoms with Crippen LogP contribution in [-0.4, -0.2) is 35.0 Å². The molecule has 1 heterocycles. The van der Waals surface area contributed by atoms with Crippen molar-refractivity contribution in [3.63, 3.8) is 0 Å². The maximum atomic E-state index is 11.9. The Morgan fingerprint density at radius 1 is 1.26 bits per heavy atom. The third kappa shape index (κ3) is 6.08. The van der Waals surface area contributed by atoms with E-state index in [1.54, 1.807) is 0 Å². The third-order valence-electron chi connectivity index (χ3n) is 4.11. The monoisotopic (exact) mass is 269 g/mol. The molecule has 1 atom stereocenters. The second-order valence-corrected chi connectivity index (χ2v) is 5.92. The van der Waals surface area contributed by atoms with Crippen LogP contribution in [0.4, 0.5) is 0 Å². The van der Waals surface area contributed by atoms with Crippen LogP contribution in [0, 0.1) is 11.8 Å². The van der Waals surface area contributed by atoms with E-state index in [0.717, 1.165) is 45.2 Å². The van der Waals surface area contributed by atoms with Gasteiger partial charge in [0.2, 0.25) is 5.91 Å². The molecule has 1 rings (SSSR count). The van der Waals surface area contributed by atoms with Crippen LogP contribution in [0.5, 0.6) is 0 Å². The number of likely N-dealkylation sites (tertiary alicyclic amines) is 1. The molecule has 0 aliphatic carbocycles. The molecule has 0 bridgehead atoms. The maximum Gasteiger partial charge on any atom is 0.303 e. The van der Waals surface area contributed by atoms with Gasteiger partial charge in [-0.2, -0.15) is 0 Å². The molecule has 19 heavy (non-hydrogen) atoms. The van der Waals surface area contributed by atoms with E-state index in [9.17, 15) is 9.59 Å². The van der Waals surface area contributed by atoms with E-state index in [1.165, 1.54) is 0 Å². The summed E-state index contributed by atoms with van der Waals surface area (Å²) in [6, 6.07) is 0. The lowest BCUT2D eigenvalue weighted by atomic mass is 9.88. The first-order chi connectivity index (χ1) is 9.00. The van der Waals surface area contributed by atoms with E-state index in [2.05, 4.69) is 13.8 Å². The smallest absolute Gasteiger partial charge is 0.303 e. The molecule has 1 saturated heterocycles. The van der Waals surface area contributed by atoms with Crippen LogP contribution in [-0.2, 0) is 9.59 Å². The van der Waals surface area contributed by atoms with Gasteiger partial charge in [-0.3, -0.25) is 9.59 Å². The molecule has 1 fully saturated rings. The first-order valence-electron chi connectivity index (χ1n) is 7.50. The van der Waals surface area contributed by atoms with Gasteiger partial charge in [0.05, 0.1) is 0 Å². The summed E-state index contributed by atoms with van der Waals surface area (Å²) < 4.78 is 0. The molecule has 1 N–H and O–H groups in total. The van der Waals surface area contributed by atoms with Crippen LogP contribution in [0.1, 0.15) is 58.8 Å². The zero-order valence-electron chi connectivity index (χ0n) is 12.2. The van der Waals surface area contributed by atoms with Gasteiger partial charge in [0.25, 0.3) is 0 Å². The molecule has 0 radical (unpaired) electrons. The molecule has 4 heteroatoms. The third-order valence-corrected chi connectivity index (χ3v) is 4.11. The van der Waals surface area contributed by atoms with Crippen molar-refractivity contribution in [2.24, 2.45) is 11.8 Å². The van der Waals surface area contributed by atoms with Crippen molar-refractivity contribution < 1.29 is 14.7 Å². The minimum atomic E-state index is -0.725. The number of carboxylic acid groups (broad SMARTS) is 1. The fourth-order valence-electron chi connectivity index (χ4n) is 2.72. The van der Waals surface area contributed by atoms with Crippen LogP contribution in [0.2, 0.25) is 0 Å². The highest BCUT2D eigenvalue weighted by atomic mass is 16.4. The van der Waals surface area contributed by atoms with E-state index in [0.29, 0.717) is 18.3 Å². The topological polar surface area (TPSA) is 57.6 Å². The van der Waals surface area contributed by atoms with Crippen molar-refractivity contribution in [2.75, 3.05) is 13.1 Å². The number of amides is 1. The summed E-state index contributed by atoms with van der Waals surface area (Å²) in [5, 5.41) is 8.78. The van der Waals surface area contributed by atoms with Crippen molar-refractivity contribution >= 4 is 11.9 Å². The lowest BCUT2D eigenvalue weighted by Crippen LogP contribution is -2.32. The van der Waals surface area contributed by atoms with Gasteiger partial charge in [0, 0.05) is 25.9 Å². The van der Waals surface area contributed by atoms with Gasteiger partial charge in [-0.15, -0.1) is 0 Å². The SMILES string of the molecule is CC(C)C(CCC(=O)O)CCN1CCCCCC1=O. The fourth-order valence-corrected chi connectivity index (χ4v) is 2.72. The summed E-state index contributed by atoms with van der Waals surface area (Å²) in [4.78, 5) is 24.5. The van der Waals surface area contributed by atoms with Crippen molar-refractivity contribution in [3.05, 3.63) is 0 Å². The summed E-state index contributed by atoms with van der Waals surface area (Å²) in [5.74, 6) is 0.420. The Hall–Kier alpha value is -1.06. The number of carbonyl (C=O) groups is 2. The predicted octanol–water partition coefficient (Wildman–Crippen LogP) is 2.92. The molecule has 1 amide bonds. The zero-order chi connectivity index (χ0) is 14.3. The number of rotatable bonds is 7. The Labute approximate surface area is 116 Å². The zero-order valence-corrected chi connectivity index (χ0v) is 12.2. The van der Waals surface area contributed by atoms with Crippen molar-refractivity contribution in [1.29, 1.82) is 0 Å². The van der Waals surface area contributed by atoms with Gasteiger partial charge < -0.3 is 10.0 Å². The molecule has 0 saturated carbocycles. The quantitative estimate of drug-likeness (QED) is 0.773.